The lowest BCUT2D eigenvalue weighted by atomic mass is 9.87. The number of nitrogens with zero attached hydrogens (tertiary/aromatic N) is 1. The van der Waals surface area contributed by atoms with E-state index in [-0.39, 0.29) is 57.4 Å². The van der Waals surface area contributed by atoms with Crippen molar-refractivity contribution in [3.05, 3.63) is 63.2 Å². The molecule has 0 saturated heterocycles. The van der Waals surface area contributed by atoms with Crippen molar-refractivity contribution in [3.63, 3.8) is 0 Å². The molecule has 0 bridgehead atoms. The summed E-state index contributed by atoms with van der Waals surface area (Å²) in [5.41, 5.74) is 1.10. The van der Waals surface area contributed by atoms with E-state index in [1.807, 2.05) is 24.3 Å². The van der Waals surface area contributed by atoms with E-state index in [0.29, 0.717) is 29.2 Å². The van der Waals surface area contributed by atoms with Crippen molar-refractivity contribution in [1.82, 2.24) is 10.2 Å². The second-order valence-electron chi connectivity index (χ2n) is 9.71. The summed E-state index contributed by atoms with van der Waals surface area (Å²) in [7, 11) is 0. The standard InChI is InChI=1S/C29H33IN2O8/c1-18(34)5-4-8-27(35)32(16-19-9-10-24-25(13-19)39-17-38-24)22-14-20(29(37)31-11-12-33)15-26(28(22)36)40-23-7-3-2-6-21(23)30/h2-3,6-7,9-10,13,15,22,26,28,33,36H,4-5,8,11-12,14,16-17H2,1H3,(H,31,37). The van der Waals surface area contributed by atoms with E-state index in [4.69, 9.17) is 14.2 Å². The minimum absolute atomic E-state index is 0.00970. The topological polar surface area (TPSA) is 135 Å². The zero-order chi connectivity index (χ0) is 28.6. The van der Waals surface area contributed by atoms with Gasteiger partial charge in [0.2, 0.25) is 18.6 Å². The maximum atomic E-state index is 13.6. The molecule has 10 nitrogen and oxygen atoms in total. The third-order valence-electron chi connectivity index (χ3n) is 6.74. The van der Waals surface area contributed by atoms with Gasteiger partial charge in [-0.1, -0.05) is 18.2 Å². The third-order valence-corrected chi connectivity index (χ3v) is 7.64. The molecule has 0 fully saturated rings. The van der Waals surface area contributed by atoms with Crippen molar-refractivity contribution in [2.24, 2.45) is 0 Å². The van der Waals surface area contributed by atoms with Crippen LogP contribution >= 0.6 is 22.6 Å². The van der Waals surface area contributed by atoms with Gasteiger partial charge in [0, 0.05) is 37.9 Å². The number of ketones is 1. The summed E-state index contributed by atoms with van der Waals surface area (Å²) >= 11 is 2.13. The number of carbonyl (C=O) groups excluding carboxylic acids is 3. The fourth-order valence-corrected chi connectivity index (χ4v) is 5.24. The SMILES string of the molecule is CC(=O)CCCC(=O)N(Cc1ccc2c(c1)OCO2)C1CC(C(=O)NCCO)=CC(Oc2ccccc2I)C1O. The van der Waals surface area contributed by atoms with Crippen LogP contribution in [0.25, 0.3) is 0 Å². The predicted molar refractivity (Wildman–Crippen MR) is 154 cm³/mol. The van der Waals surface area contributed by atoms with Crippen LogP contribution in [-0.4, -0.2) is 70.9 Å². The lowest BCUT2D eigenvalue weighted by Crippen LogP contribution is -2.54. The molecule has 2 amide bonds. The molecule has 2 aliphatic rings. The number of hydrogen-bond acceptors (Lipinski definition) is 8. The normalized spacial score (nSPS) is 19.5. The van der Waals surface area contributed by atoms with Gasteiger partial charge in [-0.15, -0.1) is 0 Å². The van der Waals surface area contributed by atoms with Gasteiger partial charge in [-0.25, -0.2) is 0 Å². The molecule has 3 unspecified atom stereocenters. The number of amides is 2. The molecule has 2 aromatic rings. The Morgan fingerprint density at radius 1 is 1.12 bits per heavy atom. The van der Waals surface area contributed by atoms with Gasteiger partial charge in [0.15, 0.2) is 11.5 Å². The van der Waals surface area contributed by atoms with Crippen LogP contribution in [0.3, 0.4) is 0 Å². The van der Waals surface area contributed by atoms with Crippen LogP contribution in [-0.2, 0) is 20.9 Å². The number of rotatable bonds is 12. The highest BCUT2D eigenvalue weighted by molar-refractivity contribution is 14.1. The fourth-order valence-electron chi connectivity index (χ4n) is 4.73. The molecule has 0 saturated carbocycles. The van der Waals surface area contributed by atoms with Crippen molar-refractivity contribution in [2.45, 2.75) is 57.4 Å². The molecule has 1 aliphatic carbocycles. The first-order chi connectivity index (χ1) is 19.3. The van der Waals surface area contributed by atoms with Gasteiger partial charge in [-0.3, -0.25) is 9.59 Å². The Labute approximate surface area is 246 Å². The second-order valence-corrected chi connectivity index (χ2v) is 10.9. The highest BCUT2D eigenvalue weighted by Crippen LogP contribution is 2.35. The average Bonchev–Trinajstić information content (AvgIpc) is 3.40. The van der Waals surface area contributed by atoms with E-state index >= 15 is 0 Å². The monoisotopic (exact) mass is 664 g/mol. The average molecular weight is 664 g/mol. The molecule has 4 rings (SSSR count). The van der Waals surface area contributed by atoms with Crippen LogP contribution in [0.4, 0.5) is 0 Å². The Balaban J connectivity index is 1.66. The Bertz CT molecular complexity index is 1270. The van der Waals surface area contributed by atoms with E-state index in [2.05, 4.69) is 27.9 Å². The quantitative estimate of drug-likeness (QED) is 0.295. The van der Waals surface area contributed by atoms with E-state index in [9.17, 15) is 24.6 Å². The Morgan fingerprint density at radius 3 is 2.65 bits per heavy atom. The summed E-state index contributed by atoms with van der Waals surface area (Å²) in [6, 6.07) is 11.9. The van der Waals surface area contributed by atoms with Crippen molar-refractivity contribution >= 4 is 40.2 Å². The van der Waals surface area contributed by atoms with Crippen LogP contribution in [0.2, 0.25) is 0 Å². The molecule has 0 aromatic heterocycles. The minimum atomic E-state index is -1.16. The highest BCUT2D eigenvalue weighted by Gasteiger charge is 2.40. The zero-order valence-corrected chi connectivity index (χ0v) is 24.3. The van der Waals surface area contributed by atoms with Crippen molar-refractivity contribution in [2.75, 3.05) is 19.9 Å². The van der Waals surface area contributed by atoms with Crippen LogP contribution in [0.1, 0.15) is 38.2 Å². The highest BCUT2D eigenvalue weighted by atomic mass is 127. The number of fused-ring (bicyclic) bond motifs is 1. The molecule has 0 radical (unpaired) electrons. The summed E-state index contributed by atoms with van der Waals surface area (Å²) in [5.74, 6) is 1.04. The van der Waals surface area contributed by atoms with Gasteiger partial charge in [0.1, 0.15) is 23.7 Å². The molecule has 1 heterocycles. The smallest absolute Gasteiger partial charge is 0.247 e. The van der Waals surface area contributed by atoms with Crippen molar-refractivity contribution in [1.29, 1.82) is 0 Å². The summed E-state index contributed by atoms with van der Waals surface area (Å²) < 4.78 is 17.9. The number of halogens is 1. The Kier molecular flexibility index (Phi) is 10.4. The molecule has 11 heteroatoms. The van der Waals surface area contributed by atoms with Gasteiger partial charge in [-0.05, 0) is 71.8 Å². The van der Waals surface area contributed by atoms with Gasteiger partial charge < -0.3 is 39.4 Å². The number of aliphatic hydroxyl groups is 2. The molecule has 3 N–H and O–H groups in total. The summed E-state index contributed by atoms with van der Waals surface area (Å²) in [4.78, 5) is 39.7. The first kappa shape index (κ1) is 29.8. The van der Waals surface area contributed by atoms with Crippen LogP contribution < -0.4 is 19.5 Å². The first-order valence-electron chi connectivity index (χ1n) is 13.1. The van der Waals surface area contributed by atoms with E-state index in [1.54, 1.807) is 29.2 Å². The van der Waals surface area contributed by atoms with Gasteiger partial charge in [0.05, 0.1) is 16.2 Å². The van der Waals surface area contributed by atoms with E-state index in [1.165, 1.54) is 6.92 Å². The van der Waals surface area contributed by atoms with Gasteiger partial charge >= 0.3 is 0 Å². The number of hydrogen-bond donors (Lipinski definition) is 3. The molecule has 1 aliphatic heterocycles. The largest absolute Gasteiger partial charge is 0.482 e. The molecule has 3 atom stereocenters. The van der Waals surface area contributed by atoms with Gasteiger partial charge in [-0.2, -0.15) is 0 Å². The predicted octanol–water partition coefficient (Wildman–Crippen LogP) is 2.72. The fraction of sp³-hybridized carbons (Fsp3) is 0.414. The summed E-state index contributed by atoms with van der Waals surface area (Å²) in [6.45, 7) is 1.57. The van der Waals surface area contributed by atoms with Crippen LogP contribution in [0.15, 0.2) is 54.1 Å². The molecule has 40 heavy (non-hydrogen) atoms. The minimum Gasteiger partial charge on any atom is -0.482 e. The second kappa shape index (κ2) is 14.0. The number of benzene rings is 2. The summed E-state index contributed by atoms with van der Waals surface area (Å²) in [5, 5.41) is 23.4. The maximum Gasteiger partial charge on any atom is 0.247 e. The lowest BCUT2D eigenvalue weighted by Gasteiger charge is -2.40. The van der Waals surface area contributed by atoms with Crippen molar-refractivity contribution in [3.8, 4) is 17.2 Å². The number of aliphatic hydroxyl groups excluding tert-OH is 2. The number of ether oxygens (including phenoxy) is 3. The molecule has 214 valence electrons. The first-order valence-corrected chi connectivity index (χ1v) is 14.2. The molecule has 2 aromatic carbocycles. The van der Waals surface area contributed by atoms with Gasteiger partial charge in [0.25, 0.3) is 0 Å². The lowest BCUT2D eigenvalue weighted by molar-refractivity contribution is -0.139. The maximum absolute atomic E-state index is 13.6. The number of Topliss-reactive ketones (excluding diaryl/α,β-unsaturated/α-hetero) is 1. The van der Waals surface area contributed by atoms with Crippen LogP contribution in [0.5, 0.6) is 17.2 Å². The van der Waals surface area contributed by atoms with Crippen molar-refractivity contribution < 1.29 is 38.8 Å². The van der Waals surface area contributed by atoms with E-state index in [0.717, 1.165) is 9.13 Å². The number of para-hydroxylation sites is 1. The number of carbonyl (C=O) groups is 3. The van der Waals surface area contributed by atoms with Crippen LogP contribution in [0, 0.1) is 3.57 Å². The molecule has 0 spiro atoms. The molecular weight excluding hydrogens is 631 g/mol. The summed E-state index contributed by atoms with van der Waals surface area (Å²) in [6.07, 6.45) is 0.319. The Morgan fingerprint density at radius 2 is 1.90 bits per heavy atom. The van der Waals surface area contributed by atoms with E-state index < -0.39 is 24.2 Å². The molecular formula is C29H33IN2O8. The Hall–Kier alpha value is -3.16. The number of nitrogens with one attached hydrogen (secondary N) is 1. The zero-order valence-electron chi connectivity index (χ0n) is 22.2. The third kappa shape index (κ3) is 7.52.